The minimum atomic E-state index is -0.832. The van der Waals surface area contributed by atoms with Crippen LogP contribution in [0.5, 0.6) is 0 Å². The van der Waals surface area contributed by atoms with Gasteiger partial charge in [-0.2, -0.15) is 0 Å². The SMILES string of the molecule is O=C(O)C1CCCCCN1c1ccc([N+](=O)[O-])cc1I. The summed E-state index contributed by atoms with van der Waals surface area (Å²) in [5.41, 5.74) is 0.797. The highest BCUT2D eigenvalue weighted by atomic mass is 127. The molecule has 6 nitrogen and oxygen atoms in total. The number of anilines is 1. The number of aliphatic carboxylic acids is 1. The molecule has 108 valence electrons. The Morgan fingerprint density at radius 2 is 2.15 bits per heavy atom. The number of hydrogen-bond acceptors (Lipinski definition) is 4. The summed E-state index contributed by atoms with van der Waals surface area (Å²) in [5, 5.41) is 20.1. The Morgan fingerprint density at radius 1 is 1.40 bits per heavy atom. The zero-order valence-electron chi connectivity index (χ0n) is 10.8. The fourth-order valence-corrected chi connectivity index (χ4v) is 3.30. The van der Waals surface area contributed by atoms with E-state index in [-0.39, 0.29) is 5.69 Å². The number of nitro groups is 1. The van der Waals surface area contributed by atoms with Gasteiger partial charge in [-0.1, -0.05) is 12.8 Å². The molecule has 0 radical (unpaired) electrons. The molecule has 0 saturated carbocycles. The maximum atomic E-state index is 11.4. The van der Waals surface area contributed by atoms with Gasteiger partial charge in [0.15, 0.2) is 0 Å². The third kappa shape index (κ3) is 3.20. The van der Waals surface area contributed by atoms with Crippen molar-refractivity contribution in [2.45, 2.75) is 31.7 Å². The molecule has 1 unspecified atom stereocenters. The fourth-order valence-electron chi connectivity index (χ4n) is 2.50. The number of hydrogen-bond donors (Lipinski definition) is 1. The Bertz CT molecular complexity index is 535. The fraction of sp³-hybridized carbons (Fsp3) is 0.462. The van der Waals surface area contributed by atoms with Crippen molar-refractivity contribution in [1.82, 2.24) is 0 Å². The molecule has 2 rings (SSSR count). The number of carbonyl (C=O) groups is 1. The van der Waals surface area contributed by atoms with Gasteiger partial charge in [-0.15, -0.1) is 0 Å². The van der Waals surface area contributed by atoms with E-state index in [4.69, 9.17) is 0 Å². The number of non-ortho nitro benzene ring substituents is 1. The van der Waals surface area contributed by atoms with E-state index in [1.54, 1.807) is 6.07 Å². The van der Waals surface area contributed by atoms with Crippen LogP contribution in [-0.2, 0) is 4.79 Å². The van der Waals surface area contributed by atoms with Crippen molar-refractivity contribution in [3.63, 3.8) is 0 Å². The summed E-state index contributed by atoms with van der Waals surface area (Å²) in [4.78, 5) is 23.6. The number of rotatable bonds is 3. The molecule has 1 saturated heterocycles. The summed E-state index contributed by atoms with van der Waals surface area (Å²) in [5.74, 6) is -0.832. The zero-order valence-corrected chi connectivity index (χ0v) is 12.9. The Labute approximate surface area is 130 Å². The molecule has 1 aromatic rings. The van der Waals surface area contributed by atoms with Crippen molar-refractivity contribution >= 4 is 39.9 Å². The molecule has 1 N–H and O–H groups in total. The first-order valence-corrected chi connectivity index (χ1v) is 7.52. The van der Waals surface area contributed by atoms with Gasteiger partial charge in [-0.25, -0.2) is 4.79 Å². The van der Waals surface area contributed by atoms with Gasteiger partial charge in [0.25, 0.3) is 5.69 Å². The topological polar surface area (TPSA) is 83.7 Å². The Kier molecular flexibility index (Phi) is 4.79. The Hall–Kier alpha value is -1.38. The van der Waals surface area contributed by atoms with Gasteiger partial charge in [0.1, 0.15) is 6.04 Å². The maximum absolute atomic E-state index is 11.4. The van der Waals surface area contributed by atoms with Crippen molar-refractivity contribution in [2.75, 3.05) is 11.4 Å². The summed E-state index contributed by atoms with van der Waals surface area (Å²) in [6.07, 6.45) is 3.47. The van der Waals surface area contributed by atoms with Crippen molar-refractivity contribution < 1.29 is 14.8 Å². The highest BCUT2D eigenvalue weighted by molar-refractivity contribution is 14.1. The molecule has 7 heteroatoms. The summed E-state index contributed by atoms with van der Waals surface area (Å²) < 4.78 is 0.713. The molecule has 1 aliphatic rings. The van der Waals surface area contributed by atoms with Crippen molar-refractivity contribution in [3.05, 3.63) is 31.9 Å². The normalized spacial score (nSPS) is 19.4. The van der Waals surface area contributed by atoms with Crippen LogP contribution < -0.4 is 4.90 Å². The van der Waals surface area contributed by atoms with Crippen molar-refractivity contribution in [1.29, 1.82) is 0 Å². The summed E-state index contributed by atoms with van der Waals surface area (Å²) in [6.45, 7) is 0.671. The lowest BCUT2D eigenvalue weighted by molar-refractivity contribution is -0.384. The molecule has 1 fully saturated rings. The first-order valence-electron chi connectivity index (χ1n) is 6.44. The van der Waals surface area contributed by atoms with E-state index >= 15 is 0 Å². The second kappa shape index (κ2) is 6.38. The highest BCUT2D eigenvalue weighted by Gasteiger charge is 2.28. The molecule has 1 atom stereocenters. The average molecular weight is 390 g/mol. The Morgan fingerprint density at radius 3 is 2.75 bits per heavy atom. The quantitative estimate of drug-likeness (QED) is 0.487. The van der Waals surface area contributed by atoms with E-state index in [0.717, 1.165) is 24.9 Å². The minimum Gasteiger partial charge on any atom is -0.480 e. The number of nitrogens with zero attached hydrogens (tertiary/aromatic N) is 2. The maximum Gasteiger partial charge on any atom is 0.326 e. The van der Waals surface area contributed by atoms with Crippen molar-refractivity contribution in [3.8, 4) is 0 Å². The monoisotopic (exact) mass is 390 g/mol. The third-order valence-electron chi connectivity index (χ3n) is 3.49. The van der Waals surface area contributed by atoms with Crippen LogP contribution in [-0.4, -0.2) is 28.6 Å². The number of halogens is 1. The van der Waals surface area contributed by atoms with E-state index in [2.05, 4.69) is 0 Å². The van der Waals surface area contributed by atoms with Crippen LogP contribution >= 0.6 is 22.6 Å². The van der Waals surface area contributed by atoms with E-state index < -0.39 is 16.9 Å². The standard InChI is InChI=1S/C13H15IN2O4/c14-10-8-9(16(19)20)5-6-11(10)15-7-3-1-2-4-12(15)13(17)18/h5-6,8,12H,1-4,7H2,(H,17,18). The van der Waals surface area contributed by atoms with Crippen LogP contribution in [0.25, 0.3) is 0 Å². The molecule has 0 amide bonds. The third-order valence-corrected chi connectivity index (χ3v) is 4.35. The van der Waals surface area contributed by atoms with Crippen LogP contribution in [0.4, 0.5) is 11.4 Å². The number of carboxylic acids is 1. The van der Waals surface area contributed by atoms with Crippen LogP contribution in [0.1, 0.15) is 25.7 Å². The predicted octanol–water partition coefficient (Wildman–Crippen LogP) is 3.03. The number of benzene rings is 1. The second-order valence-electron chi connectivity index (χ2n) is 4.79. The smallest absolute Gasteiger partial charge is 0.326 e. The van der Waals surface area contributed by atoms with Gasteiger partial charge in [0.2, 0.25) is 0 Å². The van der Waals surface area contributed by atoms with E-state index in [9.17, 15) is 20.0 Å². The van der Waals surface area contributed by atoms with Gasteiger partial charge in [0.05, 0.1) is 10.6 Å². The largest absolute Gasteiger partial charge is 0.480 e. The summed E-state index contributed by atoms with van der Waals surface area (Å²) >= 11 is 2.03. The van der Waals surface area contributed by atoms with Gasteiger partial charge in [-0.05, 0) is 41.5 Å². The van der Waals surface area contributed by atoms with Gasteiger partial charge in [0, 0.05) is 22.2 Å². The van der Waals surface area contributed by atoms with Crippen LogP contribution in [0, 0.1) is 13.7 Å². The first kappa shape index (κ1) is 15.0. The molecular weight excluding hydrogens is 375 g/mol. The number of nitro benzene ring substituents is 1. The lowest BCUT2D eigenvalue weighted by Crippen LogP contribution is -2.41. The molecule has 1 aliphatic heterocycles. The first-order chi connectivity index (χ1) is 9.50. The Balaban J connectivity index is 2.36. The van der Waals surface area contributed by atoms with Crippen molar-refractivity contribution in [2.24, 2.45) is 0 Å². The molecule has 0 aliphatic carbocycles. The van der Waals surface area contributed by atoms with Crippen LogP contribution in [0.15, 0.2) is 18.2 Å². The molecule has 20 heavy (non-hydrogen) atoms. The molecule has 0 aromatic heterocycles. The average Bonchev–Trinajstić information content (AvgIpc) is 2.64. The molecule has 1 aromatic carbocycles. The van der Waals surface area contributed by atoms with E-state index in [0.29, 0.717) is 16.5 Å². The summed E-state index contributed by atoms with van der Waals surface area (Å²) in [7, 11) is 0. The molecule has 0 spiro atoms. The lowest BCUT2D eigenvalue weighted by atomic mass is 10.1. The lowest BCUT2D eigenvalue weighted by Gasteiger charge is -2.29. The van der Waals surface area contributed by atoms with Crippen LogP contribution in [0.3, 0.4) is 0 Å². The highest BCUT2D eigenvalue weighted by Crippen LogP contribution is 2.31. The molecule has 1 heterocycles. The number of carboxylic acid groups (broad SMARTS) is 1. The zero-order chi connectivity index (χ0) is 14.7. The summed E-state index contributed by atoms with van der Waals surface area (Å²) in [6, 6.07) is 4.02. The van der Waals surface area contributed by atoms with Crippen LogP contribution in [0.2, 0.25) is 0 Å². The minimum absolute atomic E-state index is 0.0276. The van der Waals surface area contributed by atoms with Gasteiger partial charge >= 0.3 is 5.97 Å². The second-order valence-corrected chi connectivity index (χ2v) is 5.95. The molecule has 0 bridgehead atoms. The predicted molar refractivity (Wildman–Crippen MR) is 83.1 cm³/mol. The van der Waals surface area contributed by atoms with Gasteiger partial charge in [-0.3, -0.25) is 10.1 Å². The van der Waals surface area contributed by atoms with E-state index in [1.807, 2.05) is 27.5 Å². The van der Waals surface area contributed by atoms with Gasteiger partial charge < -0.3 is 10.0 Å². The molecular formula is C13H15IN2O4. The van der Waals surface area contributed by atoms with E-state index in [1.165, 1.54) is 12.1 Å².